The summed E-state index contributed by atoms with van der Waals surface area (Å²) in [6, 6.07) is 3.68. The van der Waals surface area contributed by atoms with E-state index in [1.807, 2.05) is 6.92 Å². The van der Waals surface area contributed by atoms with Gasteiger partial charge in [0.25, 0.3) is 5.91 Å². The van der Waals surface area contributed by atoms with Crippen molar-refractivity contribution in [2.75, 3.05) is 7.11 Å². The molecule has 0 saturated carbocycles. The minimum absolute atomic E-state index is 0.304. The molecule has 0 aliphatic heterocycles. The summed E-state index contributed by atoms with van der Waals surface area (Å²) in [5.41, 5.74) is 0.304. The van der Waals surface area contributed by atoms with E-state index in [2.05, 4.69) is 5.32 Å². The summed E-state index contributed by atoms with van der Waals surface area (Å²) in [5.74, 6) is -1.03. The lowest BCUT2D eigenvalue weighted by atomic mass is 10.1. The number of carboxylic acids is 1. The molecule has 5 nitrogen and oxygen atoms in total. The molecule has 110 valence electrons. The van der Waals surface area contributed by atoms with E-state index >= 15 is 0 Å². The molecule has 0 aliphatic rings. The first-order valence-corrected chi connectivity index (χ1v) is 6.74. The fourth-order valence-electron chi connectivity index (χ4n) is 1.71. The Morgan fingerprint density at radius 1 is 1.45 bits per heavy atom. The number of amides is 1. The molecule has 0 bridgehead atoms. The second-order valence-electron chi connectivity index (χ2n) is 4.36. The van der Waals surface area contributed by atoms with Crippen LogP contribution in [0.15, 0.2) is 18.2 Å². The second-order valence-corrected chi connectivity index (χ2v) is 4.76. The highest BCUT2D eigenvalue weighted by molar-refractivity contribution is 6.32. The molecular formula is C14H18ClNO4. The molecule has 6 heteroatoms. The third-order valence-electron chi connectivity index (χ3n) is 2.86. The maximum atomic E-state index is 12.0. The van der Waals surface area contributed by atoms with Crippen LogP contribution in [0.1, 0.15) is 36.5 Å². The van der Waals surface area contributed by atoms with Crippen LogP contribution in [0, 0.1) is 0 Å². The van der Waals surface area contributed by atoms with Gasteiger partial charge in [-0.1, -0.05) is 31.4 Å². The first-order chi connectivity index (χ1) is 9.49. The molecule has 0 spiro atoms. The Balaban J connectivity index is 2.78. The minimum Gasteiger partial charge on any atom is -0.495 e. The largest absolute Gasteiger partial charge is 0.495 e. The number of ether oxygens (including phenoxy) is 1. The molecule has 0 radical (unpaired) electrons. The third-order valence-corrected chi connectivity index (χ3v) is 3.16. The van der Waals surface area contributed by atoms with Gasteiger partial charge in [0.05, 0.1) is 12.1 Å². The normalized spacial score (nSPS) is 11.8. The van der Waals surface area contributed by atoms with Crippen molar-refractivity contribution in [1.82, 2.24) is 5.32 Å². The van der Waals surface area contributed by atoms with E-state index in [-0.39, 0.29) is 0 Å². The van der Waals surface area contributed by atoms with Crippen molar-refractivity contribution in [3.8, 4) is 5.75 Å². The highest BCUT2D eigenvalue weighted by Gasteiger charge is 2.20. The Hall–Kier alpha value is -1.75. The van der Waals surface area contributed by atoms with Gasteiger partial charge < -0.3 is 15.2 Å². The summed E-state index contributed by atoms with van der Waals surface area (Å²) in [4.78, 5) is 23.1. The van der Waals surface area contributed by atoms with Crippen LogP contribution in [0.5, 0.6) is 5.75 Å². The fourth-order valence-corrected chi connectivity index (χ4v) is 1.97. The van der Waals surface area contributed by atoms with Crippen LogP contribution in [0.2, 0.25) is 5.02 Å². The number of carbonyl (C=O) groups is 2. The molecule has 0 saturated heterocycles. The average Bonchev–Trinajstić information content (AvgIpc) is 2.42. The van der Waals surface area contributed by atoms with E-state index in [1.54, 1.807) is 12.1 Å². The number of nitrogens with one attached hydrogen (secondary N) is 1. The summed E-state index contributed by atoms with van der Waals surface area (Å²) in [6.45, 7) is 1.96. The number of aliphatic carboxylic acids is 1. The summed E-state index contributed by atoms with van der Waals surface area (Å²) in [5, 5.41) is 11.9. The van der Waals surface area contributed by atoms with Crippen LogP contribution in [0.3, 0.4) is 0 Å². The quantitative estimate of drug-likeness (QED) is 0.811. The van der Waals surface area contributed by atoms with Gasteiger partial charge >= 0.3 is 5.97 Å². The van der Waals surface area contributed by atoms with E-state index in [0.717, 1.165) is 12.8 Å². The molecule has 1 unspecified atom stereocenters. The summed E-state index contributed by atoms with van der Waals surface area (Å²) in [6.07, 6.45) is 2.01. The predicted molar refractivity (Wildman–Crippen MR) is 76.4 cm³/mol. The highest BCUT2D eigenvalue weighted by atomic mass is 35.5. The number of methoxy groups -OCH3 is 1. The Labute approximate surface area is 122 Å². The lowest BCUT2D eigenvalue weighted by Crippen LogP contribution is -2.40. The van der Waals surface area contributed by atoms with Gasteiger partial charge in [0.15, 0.2) is 0 Å². The van der Waals surface area contributed by atoms with E-state index < -0.39 is 17.9 Å². The van der Waals surface area contributed by atoms with E-state index in [4.69, 9.17) is 21.4 Å². The van der Waals surface area contributed by atoms with Crippen LogP contribution in [-0.4, -0.2) is 30.1 Å². The van der Waals surface area contributed by atoms with Crippen LogP contribution < -0.4 is 10.1 Å². The molecule has 1 aromatic rings. The standard InChI is InChI=1S/C14H18ClNO4/c1-3-4-5-11(14(18)19)16-13(17)9-6-7-12(20-2)10(15)8-9/h6-8,11H,3-5H2,1-2H3,(H,16,17)(H,18,19). The van der Waals surface area contributed by atoms with Crippen molar-refractivity contribution in [1.29, 1.82) is 0 Å². The zero-order valence-corrected chi connectivity index (χ0v) is 12.2. The summed E-state index contributed by atoms with van der Waals surface area (Å²) < 4.78 is 4.99. The topological polar surface area (TPSA) is 75.6 Å². The van der Waals surface area contributed by atoms with Gasteiger partial charge in [0.2, 0.25) is 0 Å². The first kappa shape index (κ1) is 16.3. The Morgan fingerprint density at radius 3 is 2.65 bits per heavy atom. The van der Waals surface area contributed by atoms with Crippen LogP contribution in [0.4, 0.5) is 0 Å². The number of unbranched alkanes of at least 4 members (excludes halogenated alkanes) is 1. The van der Waals surface area contributed by atoms with Gasteiger partial charge in [-0.2, -0.15) is 0 Å². The van der Waals surface area contributed by atoms with Crippen molar-refractivity contribution in [2.24, 2.45) is 0 Å². The maximum absolute atomic E-state index is 12.0. The van der Waals surface area contributed by atoms with Crippen LogP contribution >= 0.6 is 11.6 Å². The monoisotopic (exact) mass is 299 g/mol. The van der Waals surface area contributed by atoms with Crippen LogP contribution in [-0.2, 0) is 4.79 Å². The van der Waals surface area contributed by atoms with E-state index in [9.17, 15) is 9.59 Å². The number of benzene rings is 1. The molecule has 0 aromatic heterocycles. The molecule has 1 atom stereocenters. The average molecular weight is 300 g/mol. The summed E-state index contributed by atoms with van der Waals surface area (Å²) >= 11 is 5.93. The highest BCUT2D eigenvalue weighted by Crippen LogP contribution is 2.24. The van der Waals surface area contributed by atoms with E-state index in [1.165, 1.54) is 13.2 Å². The Bertz CT molecular complexity index is 490. The van der Waals surface area contributed by atoms with Gasteiger partial charge in [-0.05, 0) is 24.6 Å². The van der Waals surface area contributed by atoms with Crippen molar-refractivity contribution >= 4 is 23.5 Å². The predicted octanol–water partition coefficient (Wildman–Crippen LogP) is 2.72. The number of hydrogen-bond donors (Lipinski definition) is 2. The smallest absolute Gasteiger partial charge is 0.326 e. The number of rotatable bonds is 7. The first-order valence-electron chi connectivity index (χ1n) is 6.36. The van der Waals surface area contributed by atoms with Crippen molar-refractivity contribution in [3.63, 3.8) is 0 Å². The maximum Gasteiger partial charge on any atom is 0.326 e. The van der Waals surface area contributed by atoms with Crippen molar-refractivity contribution < 1.29 is 19.4 Å². The van der Waals surface area contributed by atoms with Crippen molar-refractivity contribution in [2.45, 2.75) is 32.2 Å². The molecule has 0 heterocycles. The second kappa shape index (κ2) is 7.75. The third kappa shape index (κ3) is 4.42. The Kier molecular flexibility index (Phi) is 6.31. The SMILES string of the molecule is CCCCC(NC(=O)c1ccc(OC)c(Cl)c1)C(=O)O. The lowest BCUT2D eigenvalue weighted by molar-refractivity contribution is -0.139. The zero-order chi connectivity index (χ0) is 15.1. The zero-order valence-electron chi connectivity index (χ0n) is 11.5. The molecule has 1 aromatic carbocycles. The number of halogens is 1. The molecule has 20 heavy (non-hydrogen) atoms. The van der Waals surface area contributed by atoms with Gasteiger partial charge in [0, 0.05) is 5.56 Å². The number of hydrogen-bond acceptors (Lipinski definition) is 3. The molecule has 0 aliphatic carbocycles. The lowest BCUT2D eigenvalue weighted by Gasteiger charge is -2.14. The minimum atomic E-state index is -1.04. The number of carbonyl (C=O) groups excluding carboxylic acids is 1. The molecule has 0 fully saturated rings. The van der Waals surface area contributed by atoms with Crippen LogP contribution in [0.25, 0.3) is 0 Å². The van der Waals surface area contributed by atoms with Gasteiger partial charge in [-0.3, -0.25) is 4.79 Å². The van der Waals surface area contributed by atoms with Gasteiger partial charge in [-0.15, -0.1) is 0 Å². The Morgan fingerprint density at radius 2 is 2.15 bits per heavy atom. The molecule has 2 N–H and O–H groups in total. The molecule has 1 amide bonds. The van der Waals surface area contributed by atoms with Crippen molar-refractivity contribution in [3.05, 3.63) is 28.8 Å². The summed E-state index contributed by atoms with van der Waals surface area (Å²) in [7, 11) is 1.48. The van der Waals surface area contributed by atoms with Gasteiger partial charge in [0.1, 0.15) is 11.8 Å². The van der Waals surface area contributed by atoms with Gasteiger partial charge in [-0.25, -0.2) is 4.79 Å². The fraction of sp³-hybridized carbons (Fsp3) is 0.429. The molecular weight excluding hydrogens is 282 g/mol. The van der Waals surface area contributed by atoms with E-state index in [0.29, 0.717) is 22.8 Å². The number of carboxylic acid groups (broad SMARTS) is 1. The molecule has 1 rings (SSSR count).